The van der Waals surface area contributed by atoms with Crippen LogP contribution in [0.25, 0.3) is 0 Å². The standard InChI is InChI=1S/C14H21N3O3/c1-4-10-14(19)16-12(18)7-17(10)13(9(3)15)11-6-5-8(2)20-11/h5-6,9-10,13H,4,7,15H2,1-3H3,(H,16,18,19). The smallest absolute Gasteiger partial charge is 0.243 e. The van der Waals surface area contributed by atoms with Gasteiger partial charge in [-0.05, 0) is 32.4 Å². The van der Waals surface area contributed by atoms with Gasteiger partial charge < -0.3 is 10.2 Å². The summed E-state index contributed by atoms with van der Waals surface area (Å²) < 4.78 is 5.66. The molecule has 3 unspecified atom stereocenters. The topological polar surface area (TPSA) is 88.6 Å². The molecular formula is C14H21N3O3. The van der Waals surface area contributed by atoms with Crippen molar-refractivity contribution in [2.24, 2.45) is 5.73 Å². The quantitative estimate of drug-likeness (QED) is 0.793. The fourth-order valence-corrected chi connectivity index (χ4v) is 2.74. The van der Waals surface area contributed by atoms with Crippen LogP contribution in [0.4, 0.5) is 0 Å². The van der Waals surface area contributed by atoms with Crippen LogP contribution in [-0.4, -0.2) is 35.3 Å². The number of rotatable bonds is 4. The molecule has 110 valence electrons. The number of nitrogens with one attached hydrogen (secondary N) is 1. The number of nitrogens with zero attached hydrogens (tertiary/aromatic N) is 1. The Morgan fingerprint density at radius 1 is 1.50 bits per heavy atom. The second kappa shape index (κ2) is 5.76. The molecule has 1 aliphatic rings. The molecule has 2 amide bonds. The van der Waals surface area contributed by atoms with Gasteiger partial charge in [0.15, 0.2) is 0 Å². The van der Waals surface area contributed by atoms with Gasteiger partial charge in [-0.3, -0.25) is 19.8 Å². The Bertz CT molecular complexity index is 510. The van der Waals surface area contributed by atoms with E-state index in [4.69, 9.17) is 10.2 Å². The Balaban J connectivity index is 2.36. The number of piperazine rings is 1. The molecule has 0 aromatic carbocycles. The summed E-state index contributed by atoms with van der Waals surface area (Å²) in [6.45, 7) is 5.77. The predicted molar refractivity (Wildman–Crippen MR) is 73.8 cm³/mol. The molecule has 2 heterocycles. The summed E-state index contributed by atoms with van der Waals surface area (Å²) in [5, 5.41) is 2.37. The average molecular weight is 279 g/mol. The summed E-state index contributed by atoms with van der Waals surface area (Å²) >= 11 is 0. The van der Waals surface area contributed by atoms with E-state index in [1.807, 2.05) is 37.8 Å². The van der Waals surface area contributed by atoms with Gasteiger partial charge in [-0.15, -0.1) is 0 Å². The van der Waals surface area contributed by atoms with Crippen molar-refractivity contribution in [1.29, 1.82) is 0 Å². The first-order chi connectivity index (χ1) is 9.43. The third kappa shape index (κ3) is 2.76. The highest BCUT2D eigenvalue weighted by molar-refractivity contribution is 6.01. The highest BCUT2D eigenvalue weighted by atomic mass is 16.3. The van der Waals surface area contributed by atoms with Crippen LogP contribution < -0.4 is 11.1 Å². The molecule has 0 bridgehead atoms. The number of hydrogen-bond acceptors (Lipinski definition) is 5. The normalized spacial score (nSPS) is 23.5. The zero-order chi connectivity index (χ0) is 14.9. The number of aryl methyl sites for hydroxylation is 1. The highest BCUT2D eigenvalue weighted by Gasteiger charge is 2.39. The van der Waals surface area contributed by atoms with Crippen LogP contribution in [0.5, 0.6) is 0 Å². The van der Waals surface area contributed by atoms with Gasteiger partial charge in [0.2, 0.25) is 11.8 Å². The van der Waals surface area contributed by atoms with E-state index in [1.165, 1.54) is 0 Å². The van der Waals surface area contributed by atoms with Gasteiger partial charge in [0.1, 0.15) is 11.5 Å². The Morgan fingerprint density at radius 2 is 2.20 bits per heavy atom. The average Bonchev–Trinajstić information content (AvgIpc) is 2.75. The number of imide groups is 1. The number of amides is 2. The molecule has 0 aliphatic carbocycles. The Labute approximate surface area is 118 Å². The van der Waals surface area contributed by atoms with Gasteiger partial charge in [0, 0.05) is 6.04 Å². The number of carbonyl (C=O) groups excluding carboxylic acids is 2. The third-order valence-corrected chi connectivity index (χ3v) is 3.59. The Morgan fingerprint density at radius 3 is 2.70 bits per heavy atom. The van der Waals surface area contributed by atoms with Crippen LogP contribution in [0, 0.1) is 6.92 Å². The van der Waals surface area contributed by atoms with Crippen molar-refractivity contribution in [2.75, 3.05) is 6.54 Å². The zero-order valence-electron chi connectivity index (χ0n) is 12.1. The van der Waals surface area contributed by atoms with Crippen LogP contribution in [-0.2, 0) is 9.59 Å². The van der Waals surface area contributed by atoms with E-state index in [2.05, 4.69) is 5.32 Å². The minimum absolute atomic E-state index is 0.149. The van der Waals surface area contributed by atoms with Crippen molar-refractivity contribution < 1.29 is 14.0 Å². The fraction of sp³-hybridized carbons (Fsp3) is 0.571. The molecule has 0 spiro atoms. The molecule has 2 rings (SSSR count). The first-order valence-electron chi connectivity index (χ1n) is 6.85. The summed E-state index contributed by atoms with van der Waals surface area (Å²) in [6, 6.07) is 2.80. The first-order valence-corrected chi connectivity index (χ1v) is 6.85. The lowest BCUT2D eigenvalue weighted by atomic mass is 10.00. The Hall–Kier alpha value is -1.66. The van der Waals surface area contributed by atoms with Gasteiger partial charge in [0.25, 0.3) is 0 Å². The van der Waals surface area contributed by atoms with Crippen LogP contribution in [0.2, 0.25) is 0 Å². The van der Waals surface area contributed by atoms with Crippen molar-refractivity contribution in [3.05, 3.63) is 23.7 Å². The molecule has 6 nitrogen and oxygen atoms in total. The summed E-state index contributed by atoms with van der Waals surface area (Å²) in [7, 11) is 0. The lowest BCUT2D eigenvalue weighted by Gasteiger charge is -2.39. The lowest BCUT2D eigenvalue weighted by Crippen LogP contribution is -2.60. The van der Waals surface area contributed by atoms with Gasteiger partial charge in [0.05, 0.1) is 18.6 Å². The number of hydrogen-bond donors (Lipinski definition) is 2. The van der Waals surface area contributed by atoms with Crippen molar-refractivity contribution in [3.8, 4) is 0 Å². The summed E-state index contributed by atoms with van der Waals surface area (Å²) in [5.74, 6) is 0.913. The van der Waals surface area contributed by atoms with Crippen molar-refractivity contribution >= 4 is 11.8 Å². The van der Waals surface area contributed by atoms with Crippen molar-refractivity contribution in [3.63, 3.8) is 0 Å². The van der Waals surface area contributed by atoms with Gasteiger partial charge in [-0.25, -0.2) is 0 Å². The molecule has 1 aliphatic heterocycles. The van der Waals surface area contributed by atoms with E-state index >= 15 is 0 Å². The molecule has 3 N–H and O–H groups in total. The molecular weight excluding hydrogens is 258 g/mol. The minimum atomic E-state index is -0.367. The largest absolute Gasteiger partial charge is 0.465 e. The first kappa shape index (κ1) is 14.7. The van der Waals surface area contributed by atoms with Crippen LogP contribution >= 0.6 is 0 Å². The van der Waals surface area contributed by atoms with Crippen LogP contribution in [0.15, 0.2) is 16.5 Å². The van der Waals surface area contributed by atoms with E-state index in [-0.39, 0.29) is 36.5 Å². The maximum absolute atomic E-state index is 12.0. The molecule has 1 aromatic heterocycles. The molecule has 0 radical (unpaired) electrons. The zero-order valence-corrected chi connectivity index (χ0v) is 12.1. The molecule has 0 saturated carbocycles. The van der Waals surface area contributed by atoms with E-state index < -0.39 is 0 Å². The second-order valence-electron chi connectivity index (χ2n) is 5.26. The Kier molecular flexibility index (Phi) is 4.25. The molecule has 6 heteroatoms. The lowest BCUT2D eigenvalue weighted by molar-refractivity contribution is -0.142. The van der Waals surface area contributed by atoms with E-state index in [0.717, 1.165) is 5.76 Å². The molecule has 1 fully saturated rings. The summed E-state index contributed by atoms with van der Waals surface area (Å²) in [5.41, 5.74) is 6.07. The van der Waals surface area contributed by atoms with Crippen molar-refractivity contribution in [2.45, 2.75) is 45.3 Å². The van der Waals surface area contributed by atoms with E-state index in [1.54, 1.807) is 0 Å². The molecule has 1 aromatic rings. The fourth-order valence-electron chi connectivity index (χ4n) is 2.74. The second-order valence-corrected chi connectivity index (χ2v) is 5.26. The maximum Gasteiger partial charge on any atom is 0.243 e. The summed E-state index contributed by atoms with van der Waals surface area (Å²) in [6.07, 6.45) is 0.613. The SMILES string of the molecule is CCC1C(=O)NC(=O)CN1C(c1ccc(C)o1)C(C)N. The molecule has 3 atom stereocenters. The maximum atomic E-state index is 12.0. The van der Waals surface area contributed by atoms with Gasteiger partial charge in [-0.2, -0.15) is 0 Å². The van der Waals surface area contributed by atoms with Crippen molar-refractivity contribution in [1.82, 2.24) is 10.2 Å². The number of nitrogens with two attached hydrogens (primary N) is 1. The van der Waals surface area contributed by atoms with E-state index in [0.29, 0.717) is 12.2 Å². The number of furan rings is 1. The summed E-state index contributed by atoms with van der Waals surface area (Å²) in [4.78, 5) is 25.5. The van der Waals surface area contributed by atoms with Gasteiger partial charge >= 0.3 is 0 Å². The minimum Gasteiger partial charge on any atom is -0.465 e. The monoisotopic (exact) mass is 279 g/mol. The third-order valence-electron chi connectivity index (χ3n) is 3.59. The highest BCUT2D eigenvalue weighted by Crippen LogP contribution is 2.29. The number of carbonyl (C=O) groups is 2. The van der Waals surface area contributed by atoms with Gasteiger partial charge in [-0.1, -0.05) is 6.92 Å². The molecule has 20 heavy (non-hydrogen) atoms. The predicted octanol–water partition coefficient (Wildman–Crippen LogP) is 0.713. The van der Waals surface area contributed by atoms with Crippen LogP contribution in [0.3, 0.4) is 0 Å². The van der Waals surface area contributed by atoms with Crippen LogP contribution in [0.1, 0.15) is 37.8 Å². The van der Waals surface area contributed by atoms with E-state index in [9.17, 15) is 9.59 Å². The molecule has 1 saturated heterocycles.